The quantitative estimate of drug-likeness (QED) is 0.225. The molecule has 0 aromatic carbocycles. The molecule has 0 atom stereocenters. The molecule has 0 radical (unpaired) electrons. The van der Waals surface area contributed by atoms with E-state index in [2.05, 4.69) is 5.32 Å². The fraction of sp³-hybridized carbons (Fsp3) is 0.692. The molecule has 0 bridgehead atoms. The number of hydrogen-bond acceptors (Lipinski definition) is 7. The molecule has 0 aliphatic heterocycles. The van der Waals surface area contributed by atoms with E-state index < -0.39 is 17.7 Å². The zero-order chi connectivity index (χ0) is 19.4. The molecule has 0 aromatic rings. The summed E-state index contributed by atoms with van der Waals surface area (Å²) in [6, 6.07) is 0. The molecule has 11 nitrogen and oxygen atoms in total. The lowest BCUT2D eigenvalue weighted by molar-refractivity contribution is -0.124. The predicted octanol–water partition coefficient (Wildman–Crippen LogP) is -5.36. The zero-order valence-electron chi connectivity index (χ0n) is 14.9. The van der Waals surface area contributed by atoms with Gasteiger partial charge in [0, 0.05) is 20.1 Å². The van der Waals surface area contributed by atoms with Gasteiger partial charge in [0.1, 0.15) is 0 Å². The molecule has 25 heavy (non-hydrogen) atoms. The Labute approximate surface area is 148 Å². The number of amides is 4. The largest absolute Gasteiger partial charge is 0.369 e. The summed E-state index contributed by atoms with van der Waals surface area (Å²) in [5, 5.41) is 2.49. The molecule has 0 aliphatic carbocycles. The van der Waals surface area contributed by atoms with E-state index in [0.29, 0.717) is 26.2 Å². The molecule has 0 aliphatic rings. The highest BCUT2D eigenvalue weighted by atomic mass is 16.2. The highest BCUT2D eigenvalue weighted by Gasteiger charge is 2.15. The van der Waals surface area contributed by atoms with Crippen LogP contribution in [0, 0.1) is 0 Å². The average molecular weight is 357 g/mol. The van der Waals surface area contributed by atoms with E-state index in [0.717, 1.165) is 0 Å². The lowest BCUT2D eigenvalue weighted by atomic mass is 10.2. The number of primary amides is 3. The van der Waals surface area contributed by atoms with Gasteiger partial charge in [0.2, 0.25) is 23.6 Å². The summed E-state index contributed by atoms with van der Waals surface area (Å²) in [4.78, 5) is 49.7. The monoisotopic (exact) mass is 357 g/mol. The van der Waals surface area contributed by atoms with Crippen LogP contribution >= 0.6 is 0 Å². The molecule has 0 heterocycles. The molecule has 0 aromatic heterocycles. The molecule has 0 rings (SSSR count). The SMILES string of the molecule is BN(CCN(CC(N)=O)CC(N)=O)CCN(CC(N)=O)CC(=O)NC. The van der Waals surface area contributed by atoms with Gasteiger partial charge in [-0.2, -0.15) is 0 Å². The number of nitrogens with zero attached hydrogens (tertiary/aromatic N) is 3. The standard InChI is InChI=1S/C13H28BN7O4/c1-18-13(25)9-20(8-12(17)24)3-5-21(14)4-2-19(6-10(15)22)7-11(16)23/h2-9,14H2,1H3,(H2,15,22)(H2,16,23)(H2,17,24)(H,18,25). The fourth-order valence-electron chi connectivity index (χ4n) is 2.11. The topological polar surface area (TPSA) is 168 Å². The highest BCUT2D eigenvalue weighted by Crippen LogP contribution is 1.93. The van der Waals surface area contributed by atoms with Crippen molar-refractivity contribution in [3.63, 3.8) is 0 Å². The van der Waals surface area contributed by atoms with Crippen molar-refractivity contribution in [2.24, 2.45) is 17.2 Å². The Morgan fingerprint density at radius 2 is 1.12 bits per heavy atom. The third-order valence-corrected chi connectivity index (χ3v) is 3.38. The van der Waals surface area contributed by atoms with Gasteiger partial charge in [0.05, 0.1) is 26.2 Å². The summed E-state index contributed by atoms with van der Waals surface area (Å²) in [6.07, 6.45) is 0. The van der Waals surface area contributed by atoms with Crippen LogP contribution in [-0.4, -0.2) is 106 Å². The van der Waals surface area contributed by atoms with Crippen molar-refractivity contribution in [2.75, 3.05) is 59.4 Å². The van der Waals surface area contributed by atoms with Crippen molar-refractivity contribution >= 4 is 31.6 Å². The van der Waals surface area contributed by atoms with Gasteiger partial charge in [0.15, 0.2) is 7.98 Å². The van der Waals surface area contributed by atoms with Crippen LogP contribution in [0.25, 0.3) is 0 Å². The number of carbonyl (C=O) groups is 4. The second kappa shape index (κ2) is 12.2. The molecule has 142 valence electrons. The van der Waals surface area contributed by atoms with Gasteiger partial charge in [-0.05, 0) is 13.1 Å². The van der Waals surface area contributed by atoms with Crippen LogP contribution in [0.3, 0.4) is 0 Å². The Kier molecular flexibility index (Phi) is 11.2. The van der Waals surface area contributed by atoms with Crippen LogP contribution in [0.4, 0.5) is 0 Å². The second-order valence-corrected chi connectivity index (χ2v) is 5.80. The fourth-order valence-corrected chi connectivity index (χ4v) is 2.11. The summed E-state index contributed by atoms with van der Waals surface area (Å²) in [5.41, 5.74) is 15.5. The van der Waals surface area contributed by atoms with Crippen molar-refractivity contribution in [3.05, 3.63) is 0 Å². The van der Waals surface area contributed by atoms with E-state index in [1.165, 1.54) is 7.05 Å². The van der Waals surface area contributed by atoms with E-state index in [-0.39, 0.29) is 32.1 Å². The van der Waals surface area contributed by atoms with Crippen LogP contribution in [0.2, 0.25) is 0 Å². The number of carbonyl (C=O) groups excluding carboxylic acids is 4. The van der Waals surface area contributed by atoms with Gasteiger partial charge < -0.3 is 27.3 Å². The summed E-state index contributed by atoms with van der Waals surface area (Å²) in [5.74, 6) is -1.80. The zero-order valence-corrected chi connectivity index (χ0v) is 14.9. The molecule has 12 heteroatoms. The third kappa shape index (κ3) is 12.9. The van der Waals surface area contributed by atoms with E-state index in [1.54, 1.807) is 9.80 Å². The molecule has 4 amide bonds. The Bertz CT molecular complexity index is 461. The first kappa shape index (κ1) is 22.8. The Balaban J connectivity index is 4.40. The van der Waals surface area contributed by atoms with E-state index in [1.807, 2.05) is 12.8 Å². The number of likely N-dealkylation sites (N-methyl/N-ethyl adjacent to an activating group) is 1. The lowest BCUT2D eigenvalue weighted by Crippen LogP contribution is -2.46. The summed E-state index contributed by atoms with van der Waals surface area (Å²) in [6.45, 7) is 1.93. The van der Waals surface area contributed by atoms with Crippen molar-refractivity contribution in [1.29, 1.82) is 0 Å². The maximum atomic E-state index is 11.5. The summed E-state index contributed by atoms with van der Waals surface area (Å²) < 4.78 is 0. The van der Waals surface area contributed by atoms with Crippen LogP contribution in [0.1, 0.15) is 0 Å². The van der Waals surface area contributed by atoms with Gasteiger partial charge in [-0.1, -0.05) is 0 Å². The third-order valence-electron chi connectivity index (χ3n) is 3.38. The predicted molar refractivity (Wildman–Crippen MR) is 94.6 cm³/mol. The van der Waals surface area contributed by atoms with Gasteiger partial charge in [-0.3, -0.25) is 29.0 Å². The normalized spacial score (nSPS) is 11.0. The lowest BCUT2D eigenvalue weighted by Gasteiger charge is -2.26. The molecule has 0 saturated heterocycles. The number of hydrogen-bond donors (Lipinski definition) is 4. The van der Waals surface area contributed by atoms with Crippen LogP contribution in [0.15, 0.2) is 0 Å². The summed E-state index contributed by atoms with van der Waals surface area (Å²) in [7, 11) is 3.36. The van der Waals surface area contributed by atoms with Crippen molar-refractivity contribution in [1.82, 2.24) is 19.9 Å². The first-order valence-corrected chi connectivity index (χ1v) is 7.82. The Morgan fingerprint density at radius 3 is 1.44 bits per heavy atom. The maximum Gasteiger partial charge on any atom is 0.233 e. The van der Waals surface area contributed by atoms with Gasteiger partial charge in [-0.15, -0.1) is 0 Å². The van der Waals surface area contributed by atoms with Crippen LogP contribution < -0.4 is 22.5 Å². The number of nitrogens with one attached hydrogen (secondary N) is 1. The molecular weight excluding hydrogens is 329 g/mol. The first-order valence-electron chi connectivity index (χ1n) is 7.82. The smallest absolute Gasteiger partial charge is 0.233 e. The van der Waals surface area contributed by atoms with E-state index in [4.69, 9.17) is 17.2 Å². The van der Waals surface area contributed by atoms with E-state index >= 15 is 0 Å². The molecule has 0 spiro atoms. The molecule has 7 N–H and O–H groups in total. The summed E-state index contributed by atoms with van der Waals surface area (Å²) >= 11 is 0. The average Bonchev–Trinajstić information content (AvgIpc) is 2.48. The minimum atomic E-state index is -0.540. The molecular formula is C13H28BN7O4. The van der Waals surface area contributed by atoms with Crippen molar-refractivity contribution in [2.45, 2.75) is 0 Å². The van der Waals surface area contributed by atoms with Gasteiger partial charge in [-0.25, -0.2) is 0 Å². The number of rotatable bonds is 14. The Hall–Kier alpha value is -2.18. The highest BCUT2D eigenvalue weighted by molar-refractivity contribution is 6.04. The van der Waals surface area contributed by atoms with Crippen LogP contribution in [-0.2, 0) is 19.2 Å². The van der Waals surface area contributed by atoms with Crippen molar-refractivity contribution < 1.29 is 19.2 Å². The Morgan fingerprint density at radius 1 is 0.760 bits per heavy atom. The molecule has 0 unspecified atom stereocenters. The van der Waals surface area contributed by atoms with E-state index in [9.17, 15) is 19.2 Å². The number of nitrogens with two attached hydrogens (primary N) is 3. The van der Waals surface area contributed by atoms with Gasteiger partial charge >= 0.3 is 0 Å². The second-order valence-electron chi connectivity index (χ2n) is 5.80. The minimum Gasteiger partial charge on any atom is -0.369 e. The first-order chi connectivity index (χ1) is 11.6. The maximum absolute atomic E-state index is 11.5. The van der Waals surface area contributed by atoms with Gasteiger partial charge in [0.25, 0.3) is 0 Å². The minimum absolute atomic E-state index is 0.0171. The van der Waals surface area contributed by atoms with Crippen LogP contribution in [0.5, 0.6) is 0 Å². The molecule has 0 saturated carbocycles. The van der Waals surface area contributed by atoms with Crippen molar-refractivity contribution in [3.8, 4) is 0 Å². The molecule has 0 fully saturated rings.